The smallest absolute Gasteiger partial charge is 0.343 e. The number of carbonyl (C=O) groups is 2. The molecule has 4 nitrogen and oxygen atoms in total. The van der Waals surface area contributed by atoms with Crippen LogP contribution in [0, 0.1) is 0 Å². The number of rotatable bonds is 6. The average Bonchev–Trinajstić information content (AvgIpc) is 2.59. The molecule has 0 fully saturated rings. The van der Waals surface area contributed by atoms with E-state index < -0.39 is 5.97 Å². The summed E-state index contributed by atoms with van der Waals surface area (Å²) in [7, 11) is 1.28. The molecule has 0 atom stereocenters. The molecule has 0 aliphatic heterocycles. The second-order valence-corrected chi connectivity index (χ2v) is 5.60. The zero-order valence-corrected chi connectivity index (χ0v) is 14.3. The number of esters is 1. The average molecular weight is 365 g/mol. The number of allylic oxidation sites excluding steroid dienone is 1. The predicted octanol–water partition coefficient (Wildman–Crippen LogP) is 4.44. The number of methoxy groups -OCH3 is 1. The third-order valence-corrected chi connectivity index (χ3v) is 3.66. The first-order chi connectivity index (χ1) is 11.5. The van der Waals surface area contributed by atoms with Crippen molar-refractivity contribution in [3.63, 3.8) is 0 Å². The fourth-order valence-corrected chi connectivity index (χ4v) is 2.29. The quantitative estimate of drug-likeness (QED) is 0.431. The first-order valence-corrected chi connectivity index (χ1v) is 7.72. The summed E-state index contributed by atoms with van der Waals surface area (Å²) >= 11 is 11.9. The SMILES string of the molecule is COC(=O)COc1ccc(C(=O)/C=C/c2ccc(Cl)cc2Cl)cc1. The number of carbonyl (C=O) groups excluding carboxylic acids is 2. The lowest BCUT2D eigenvalue weighted by atomic mass is 10.1. The Balaban J connectivity index is 2.02. The molecule has 0 bridgehead atoms. The summed E-state index contributed by atoms with van der Waals surface area (Å²) in [6, 6.07) is 11.5. The summed E-state index contributed by atoms with van der Waals surface area (Å²) < 4.78 is 9.69. The molecule has 0 aromatic heterocycles. The molecule has 0 N–H and O–H groups in total. The predicted molar refractivity (Wildman–Crippen MR) is 93.8 cm³/mol. The van der Waals surface area contributed by atoms with Crippen molar-refractivity contribution in [1.82, 2.24) is 0 Å². The summed E-state index contributed by atoms with van der Waals surface area (Å²) in [5.74, 6) is -0.180. The Morgan fingerprint density at radius 1 is 1.08 bits per heavy atom. The lowest BCUT2D eigenvalue weighted by molar-refractivity contribution is -0.142. The summed E-state index contributed by atoms with van der Waals surface area (Å²) in [6.07, 6.45) is 3.06. The van der Waals surface area contributed by atoms with Crippen LogP contribution in [0.25, 0.3) is 6.08 Å². The highest BCUT2D eigenvalue weighted by molar-refractivity contribution is 6.35. The van der Waals surface area contributed by atoms with Gasteiger partial charge in [-0.3, -0.25) is 4.79 Å². The standard InChI is InChI=1S/C18H14Cl2O4/c1-23-18(22)11-24-15-7-3-13(4-8-15)17(21)9-5-12-2-6-14(19)10-16(12)20/h2-10H,11H2,1H3/b9-5+. The molecule has 0 heterocycles. The largest absolute Gasteiger partial charge is 0.482 e. The fraction of sp³-hybridized carbons (Fsp3) is 0.111. The molecule has 2 aromatic carbocycles. The Bertz CT molecular complexity index is 767. The third kappa shape index (κ3) is 5.11. The highest BCUT2D eigenvalue weighted by atomic mass is 35.5. The van der Waals surface area contributed by atoms with E-state index in [-0.39, 0.29) is 12.4 Å². The van der Waals surface area contributed by atoms with Crippen LogP contribution < -0.4 is 4.74 Å². The Kier molecular flexibility index (Phi) is 6.41. The Hall–Kier alpha value is -2.30. The maximum Gasteiger partial charge on any atom is 0.343 e. The van der Waals surface area contributed by atoms with Crippen molar-refractivity contribution in [1.29, 1.82) is 0 Å². The van der Waals surface area contributed by atoms with E-state index in [1.807, 2.05) is 0 Å². The van der Waals surface area contributed by atoms with E-state index in [1.165, 1.54) is 13.2 Å². The minimum atomic E-state index is -0.474. The zero-order chi connectivity index (χ0) is 17.5. The highest BCUT2D eigenvalue weighted by Crippen LogP contribution is 2.22. The Morgan fingerprint density at radius 2 is 1.79 bits per heavy atom. The Labute approximate surface area is 149 Å². The van der Waals surface area contributed by atoms with Gasteiger partial charge >= 0.3 is 5.97 Å². The Morgan fingerprint density at radius 3 is 2.42 bits per heavy atom. The van der Waals surface area contributed by atoms with E-state index in [2.05, 4.69) is 4.74 Å². The van der Waals surface area contributed by atoms with E-state index in [4.69, 9.17) is 27.9 Å². The van der Waals surface area contributed by atoms with Crippen LogP contribution >= 0.6 is 23.2 Å². The lowest BCUT2D eigenvalue weighted by Crippen LogP contribution is -2.12. The summed E-state index contributed by atoms with van der Waals surface area (Å²) in [5, 5.41) is 1.00. The van der Waals surface area contributed by atoms with Crippen molar-refractivity contribution in [3.8, 4) is 5.75 Å². The van der Waals surface area contributed by atoms with Crippen LogP contribution in [0.2, 0.25) is 10.0 Å². The van der Waals surface area contributed by atoms with Gasteiger partial charge in [0, 0.05) is 15.6 Å². The molecule has 0 aliphatic carbocycles. The number of ether oxygens (including phenoxy) is 2. The highest BCUT2D eigenvalue weighted by Gasteiger charge is 2.05. The van der Waals surface area contributed by atoms with Crippen molar-refractivity contribution >= 4 is 41.0 Å². The molecule has 2 rings (SSSR count). The van der Waals surface area contributed by atoms with Gasteiger partial charge in [0.25, 0.3) is 0 Å². The molecule has 0 radical (unpaired) electrons. The molecule has 0 spiro atoms. The van der Waals surface area contributed by atoms with Gasteiger partial charge in [-0.25, -0.2) is 4.79 Å². The van der Waals surface area contributed by atoms with Crippen molar-refractivity contribution in [2.75, 3.05) is 13.7 Å². The van der Waals surface area contributed by atoms with E-state index in [1.54, 1.807) is 48.5 Å². The van der Waals surface area contributed by atoms with Crippen LogP contribution in [0.15, 0.2) is 48.5 Å². The van der Waals surface area contributed by atoms with Crippen LogP contribution in [0.4, 0.5) is 0 Å². The number of halogens is 2. The molecule has 6 heteroatoms. The van der Waals surface area contributed by atoms with Crippen LogP contribution in [0.1, 0.15) is 15.9 Å². The van der Waals surface area contributed by atoms with E-state index in [0.717, 1.165) is 0 Å². The molecule has 0 saturated carbocycles. The molecule has 124 valence electrons. The van der Waals surface area contributed by atoms with Gasteiger partial charge in [-0.1, -0.05) is 29.3 Å². The van der Waals surface area contributed by atoms with Crippen molar-refractivity contribution in [3.05, 3.63) is 69.7 Å². The maximum absolute atomic E-state index is 12.1. The van der Waals surface area contributed by atoms with E-state index in [9.17, 15) is 9.59 Å². The fourth-order valence-electron chi connectivity index (χ4n) is 1.81. The normalized spacial score (nSPS) is 10.6. The molecule has 0 unspecified atom stereocenters. The summed E-state index contributed by atoms with van der Waals surface area (Å²) in [4.78, 5) is 23.1. The van der Waals surface area contributed by atoms with Gasteiger partial charge in [0.1, 0.15) is 5.75 Å². The summed E-state index contributed by atoms with van der Waals surface area (Å²) in [5.41, 5.74) is 1.19. The van der Waals surface area contributed by atoms with Crippen molar-refractivity contribution in [2.45, 2.75) is 0 Å². The molecule has 2 aromatic rings. The minimum absolute atomic E-state index is 0.180. The number of ketones is 1. The number of hydrogen-bond acceptors (Lipinski definition) is 4. The molecule has 0 amide bonds. The van der Waals surface area contributed by atoms with Gasteiger partial charge in [-0.2, -0.15) is 0 Å². The second kappa shape index (κ2) is 8.52. The lowest BCUT2D eigenvalue weighted by Gasteiger charge is -2.05. The van der Waals surface area contributed by atoms with Crippen LogP contribution in [-0.4, -0.2) is 25.5 Å². The van der Waals surface area contributed by atoms with Gasteiger partial charge < -0.3 is 9.47 Å². The molecule has 0 aliphatic rings. The summed E-state index contributed by atoms with van der Waals surface area (Å²) in [6.45, 7) is -0.182. The van der Waals surface area contributed by atoms with Crippen molar-refractivity contribution in [2.24, 2.45) is 0 Å². The van der Waals surface area contributed by atoms with Gasteiger partial charge in [0.05, 0.1) is 7.11 Å². The van der Waals surface area contributed by atoms with Crippen LogP contribution in [0.3, 0.4) is 0 Å². The topological polar surface area (TPSA) is 52.6 Å². The van der Waals surface area contributed by atoms with Gasteiger partial charge in [-0.15, -0.1) is 0 Å². The molecule has 24 heavy (non-hydrogen) atoms. The van der Waals surface area contributed by atoms with E-state index in [0.29, 0.717) is 26.9 Å². The molecule has 0 saturated heterocycles. The van der Waals surface area contributed by atoms with E-state index >= 15 is 0 Å². The monoisotopic (exact) mass is 364 g/mol. The van der Waals surface area contributed by atoms with Crippen molar-refractivity contribution < 1.29 is 19.1 Å². The van der Waals surface area contributed by atoms with Gasteiger partial charge in [0.15, 0.2) is 12.4 Å². The van der Waals surface area contributed by atoms with Crippen LogP contribution in [-0.2, 0) is 9.53 Å². The molecular weight excluding hydrogens is 351 g/mol. The van der Waals surface area contributed by atoms with Crippen LogP contribution in [0.5, 0.6) is 5.75 Å². The number of hydrogen-bond donors (Lipinski definition) is 0. The number of benzene rings is 2. The van der Waals surface area contributed by atoms with Gasteiger partial charge in [0.2, 0.25) is 0 Å². The van der Waals surface area contributed by atoms with Gasteiger partial charge in [-0.05, 0) is 54.1 Å². The zero-order valence-electron chi connectivity index (χ0n) is 12.8. The maximum atomic E-state index is 12.1. The first kappa shape index (κ1) is 18.0. The molecular formula is C18H14Cl2O4. The second-order valence-electron chi connectivity index (χ2n) is 4.75. The first-order valence-electron chi connectivity index (χ1n) is 6.97. The minimum Gasteiger partial charge on any atom is -0.482 e. The third-order valence-electron chi connectivity index (χ3n) is 3.10.